The van der Waals surface area contributed by atoms with Crippen LogP contribution in [-0.4, -0.2) is 81.1 Å². The molecule has 1 saturated heterocycles. The molecule has 1 aliphatic rings. The molecular weight excluding hydrogens is 528 g/mol. The third-order valence-electron chi connectivity index (χ3n) is 6.29. The van der Waals surface area contributed by atoms with Crippen LogP contribution in [0, 0.1) is 10.1 Å². The number of aliphatic carboxylic acids is 1. The van der Waals surface area contributed by atoms with Gasteiger partial charge in [0.15, 0.2) is 0 Å². The van der Waals surface area contributed by atoms with Crippen molar-refractivity contribution >= 4 is 46.9 Å². The number of carboxylic acids is 1. The van der Waals surface area contributed by atoms with E-state index in [1.54, 1.807) is 6.92 Å². The molecule has 0 spiro atoms. The maximum absolute atomic E-state index is 13.1. The fraction of sp³-hybridized carbons (Fsp3) is 0.520. The zero-order valence-electron chi connectivity index (χ0n) is 22.5. The Morgan fingerprint density at radius 2 is 1.65 bits per heavy atom. The van der Waals surface area contributed by atoms with Crippen LogP contribution in [0.4, 0.5) is 11.4 Å². The third-order valence-corrected chi connectivity index (χ3v) is 6.29. The molecule has 0 radical (unpaired) electrons. The Hall–Kier alpha value is -4.56. The molecule has 1 aromatic carbocycles. The first-order valence-corrected chi connectivity index (χ1v) is 12.8. The van der Waals surface area contributed by atoms with Gasteiger partial charge in [-0.15, -0.1) is 0 Å². The summed E-state index contributed by atoms with van der Waals surface area (Å²) < 4.78 is 0. The number of carboxylic acid groups (broad SMARTS) is 1. The van der Waals surface area contributed by atoms with Crippen LogP contribution in [0.25, 0.3) is 0 Å². The molecule has 1 heterocycles. The van der Waals surface area contributed by atoms with Crippen LogP contribution in [0.1, 0.15) is 52.9 Å². The van der Waals surface area contributed by atoms with Crippen molar-refractivity contribution in [3.63, 3.8) is 0 Å². The Bertz CT molecular complexity index is 1140. The van der Waals surface area contributed by atoms with E-state index in [9.17, 15) is 38.9 Å². The summed E-state index contributed by atoms with van der Waals surface area (Å²) in [5.74, 6) is -4.00. The summed E-state index contributed by atoms with van der Waals surface area (Å²) >= 11 is 0. The van der Waals surface area contributed by atoms with Crippen molar-refractivity contribution in [1.82, 2.24) is 20.9 Å². The number of nitro benzene ring substituents is 1. The molecular formula is C25H34N6O9. The van der Waals surface area contributed by atoms with Crippen molar-refractivity contribution < 1.29 is 38.8 Å². The highest BCUT2D eigenvalue weighted by molar-refractivity contribution is 5.99. The van der Waals surface area contributed by atoms with Gasteiger partial charge in [0, 0.05) is 30.8 Å². The molecule has 15 nitrogen and oxygen atoms in total. The van der Waals surface area contributed by atoms with E-state index in [-0.39, 0.29) is 31.5 Å². The first-order chi connectivity index (χ1) is 18.8. The van der Waals surface area contributed by atoms with Gasteiger partial charge in [0.2, 0.25) is 29.5 Å². The van der Waals surface area contributed by atoms with E-state index in [4.69, 9.17) is 5.11 Å². The van der Waals surface area contributed by atoms with Crippen molar-refractivity contribution in [2.45, 2.75) is 77.0 Å². The highest BCUT2D eigenvalue weighted by Crippen LogP contribution is 2.20. The van der Waals surface area contributed by atoms with Crippen LogP contribution in [0.2, 0.25) is 0 Å². The van der Waals surface area contributed by atoms with Crippen LogP contribution in [-0.2, 0) is 28.8 Å². The maximum Gasteiger partial charge on any atom is 0.303 e. The number of rotatable bonds is 13. The largest absolute Gasteiger partial charge is 0.481 e. The third kappa shape index (κ3) is 9.03. The monoisotopic (exact) mass is 562 g/mol. The van der Waals surface area contributed by atoms with E-state index < -0.39 is 64.6 Å². The standard InChI is InChI=1S/C25H34N6O9/c1-4-18(23(36)28-16-7-9-17(10-8-16)31(39)40)29-24(37)19-6-5-13-30(19)25(38)15(3)27-22(35)14(2)26-20(32)11-12-21(33)34/h7-10,14-15,18-19H,4-6,11-13H2,1-3H3,(H,26,32)(H,27,35)(H,28,36)(H,29,37)(H,33,34)/t14-,15-,18-,19-/m0/s1. The molecule has 0 aromatic heterocycles. The molecule has 1 fully saturated rings. The number of nitro groups is 1. The van der Waals surface area contributed by atoms with Gasteiger partial charge < -0.3 is 31.3 Å². The van der Waals surface area contributed by atoms with Crippen molar-refractivity contribution in [2.24, 2.45) is 0 Å². The number of anilines is 1. The molecule has 218 valence electrons. The Labute approximate surface area is 230 Å². The maximum atomic E-state index is 13.1. The molecule has 15 heteroatoms. The van der Waals surface area contributed by atoms with Gasteiger partial charge in [-0.05, 0) is 45.2 Å². The van der Waals surface area contributed by atoms with Gasteiger partial charge in [0.25, 0.3) is 5.69 Å². The molecule has 5 amide bonds. The highest BCUT2D eigenvalue weighted by Gasteiger charge is 2.37. The minimum Gasteiger partial charge on any atom is -0.481 e. The van der Waals surface area contributed by atoms with Crippen LogP contribution >= 0.6 is 0 Å². The number of amides is 5. The fourth-order valence-electron chi connectivity index (χ4n) is 4.07. The first kappa shape index (κ1) is 31.7. The molecule has 40 heavy (non-hydrogen) atoms. The lowest BCUT2D eigenvalue weighted by molar-refractivity contribution is -0.384. The normalized spacial score (nSPS) is 16.7. The van der Waals surface area contributed by atoms with Gasteiger partial charge in [-0.3, -0.25) is 38.9 Å². The van der Waals surface area contributed by atoms with E-state index in [1.807, 2.05) is 0 Å². The molecule has 5 N–H and O–H groups in total. The van der Waals surface area contributed by atoms with E-state index in [2.05, 4.69) is 21.3 Å². The van der Waals surface area contributed by atoms with E-state index in [0.717, 1.165) is 0 Å². The summed E-state index contributed by atoms with van der Waals surface area (Å²) in [6.07, 6.45) is 0.455. The second-order valence-corrected chi connectivity index (χ2v) is 9.37. The number of carbonyl (C=O) groups excluding carboxylic acids is 5. The second-order valence-electron chi connectivity index (χ2n) is 9.37. The van der Waals surface area contributed by atoms with Gasteiger partial charge in [-0.1, -0.05) is 6.92 Å². The van der Waals surface area contributed by atoms with Crippen LogP contribution in [0.5, 0.6) is 0 Å². The smallest absolute Gasteiger partial charge is 0.303 e. The minimum absolute atomic E-state index is 0.135. The predicted octanol–water partition coefficient (Wildman–Crippen LogP) is 0.293. The van der Waals surface area contributed by atoms with Gasteiger partial charge in [-0.2, -0.15) is 0 Å². The number of hydrogen-bond acceptors (Lipinski definition) is 8. The highest BCUT2D eigenvalue weighted by atomic mass is 16.6. The quantitative estimate of drug-likeness (QED) is 0.165. The fourth-order valence-corrected chi connectivity index (χ4v) is 4.07. The summed E-state index contributed by atoms with van der Waals surface area (Å²) in [5, 5.41) is 29.6. The summed E-state index contributed by atoms with van der Waals surface area (Å²) in [5.41, 5.74) is 0.183. The molecule has 0 unspecified atom stereocenters. The van der Waals surface area contributed by atoms with Gasteiger partial charge in [0.1, 0.15) is 24.2 Å². The van der Waals surface area contributed by atoms with E-state index >= 15 is 0 Å². The lowest BCUT2D eigenvalue weighted by Crippen LogP contribution is -2.56. The van der Waals surface area contributed by atoms with Gasteiger partial charge >= 0.3 is 5.97 Å². The molecule has 1 aliphatic heterocycles. The molecule has 2 rings (SSSR count). The number of nitrogens with one attached hydrogen (secondary N) is 4. The number of benzene rings is 1. The number of nitrogens with zero attached hydrogens (tertiary/aromatic N) is 2. The summed E-state index contributed by atoms with van der Waals surface area (Å²) in [7, 11) is 0. The summed E-state index contributed by atoms with van der Waals surface area (Å²) in [6, 6.07) is 1.40. The van der Waals surface area contributed by atoms with Crippen molar-refractivity contribution in [1.29, 1.82) is 0 Å². The van der Waals surface area contributed by atoms with E-state index in [1.165, 1.54) is 43.0 Å². The summed E-state index contributed by atoms with van der Waals surface area (Å²) in [6.45, 7) is 4.80. The lowest BCUT2D eigenvalue weighted by Gasteiger charge is -2.29. The Kier molecular flexibility index (Phi) is 11.5. The van der Waals surface area contributed by atoms with Gasteiger partial charge in [-0.25, -0.2) is 0 Å². The Morgan fingerprint density at radius 3 is 2.23 bits per heavy atom. The van der Waals surface area contributed by atoms with Gasteiger partial charge in [0.05, 0.1) is 11.3 Å². The minimum atomic E-state index is -1.15. The Balaban J connectivity index is 1.94. The molecule has 0 bridgehead atoms. The second kappa shape index (κ2) is 14.6. The topological polar surface area (TPSA) is 217 Å². The number of carbonyl (C=O) groups is 6. The Morgan fingerprint density at radius 1 is 1.00 bits per heavy atom. The molecule has 0 saturated carbocycles. The van der Waals surface area contributed by atoms with Crippen LogP contribution in [0.3, 0.4) is 0 Å². The van der Waals surface area contributed by atoms with Crippen molar-refractivity contribution in [3.05, 3.63) is 34.4 Å². The summed E-state index contributed by atoms with van der Waals surface area (Å²) in [4.78, 5) is 85.2. The van der Waals surface area contributed by atoms with Crippen molar-refractivity contribution in [3.8, 4) is 0 Å². The number of hydrogen-bond donors (Lipinski definition) is 5. The average molecular weight is 563 g/mol. The zero-order valence-corrected chi connectivity index (χ0v) is 22.5. The zero-order chi connectivity index (χ0) is 30.0. The molecule has 0 aliphatic carbocycles. The van der Waals surface area contributed by atoms with Crippen LogP contribution in [0.15, 0.2) is 24.3 Å². The lowest BCUT2D eigenvalue weighted by atomic mass is 10.1. The predicted molar refractivity (Wildman–Crippen MR) is 141 cm³/mol. The molecule has 1 aromatic rings. The first-order valence-electron chi connectivity index (χ1n) is 12.8. The van der Waals surface area contributed by atoms with Crippen LogP contribution < -0.4 is 21.3 Å². The average Bonchev–Trinajstić information content (AvgIpc) is 3.40. The number of non-ortho nitro benzene ring substituents is 1. The molecule has 4 atom stereocenters. The van der Waals surface area contributed by atoms with E-state index in [0.29, 0.717) is 18.5 Å². The number of likely N-dealkylation sites (tertiary alicyclic amines) is 1. The van der Waals surface area contributed by atoms with Crippen molar-refractivity contribution in [2.75, 3.05) is 11.9 Å². The SMILES string of the molecule is CC[C@H](NC(=O)[C@@H]1CCCN1C(=O)[C@H](C)NC(=O)[C@H](C)NC(=O)CCC(=O)O)C(=O)Nc1ccc([N+](=O)[O-])cc1.